The predicted molar refractivity (Wildman–Crippen MR) is 82.5 cm³/mol. The molecular formula is C15H8ClN3O5. The number of hydrogen-bond acceptors (Lipinski definition) is 5. The molecule has 0 bridgehead atoms. The Morgan fingerprint density at radius 3 is 2.38 bits per heavy atom. The number of nitro groups is 1. The zero-order chi connectivity index (χ0) is 17.4. The van der Waals surface area contributed by atoms with Crippen molar-refractivity contribution in [1.82, 2.24) is 10.4 Å². The van der Waals surface area contributed by atoms with E-state index in [0.29, 0.717) is 10.0 Å². The Morgan fingerprint density at radius 1 is 1.08 bits per heavy atom. The molecular weight excluding hydrogens is 338 g/mol. The number of carbonyl (C=O) groups excluding carboxylic acids is 3. The van der Waals surface area contributed by atoms with E-state index in [1.165, 1.54) is 36.4 Å². The van der Waals surface area contributed by atoms with Gasteiger partial charge in [0, 0.05) is 16.7 Å². The molecule has 1 aliphatic heterocycles. The van der Waals surface area contributed by atoms with Crippen LogP contribution in [0.3, 0.4) is 0 Å². The van der Waals surface area contributed by atoms with Gasteiger partial charge in [-0.2, -0.15) is 5.01 Å². The molecule has 0 saturated heterocycles. The number of fused-ring (bicyclic) bond motifs is 1. The van der Waals surface area contributed by atoms with E-state index in [2.05, 4.69) is 5.43 Å². The zero-order valence-corrected chi connectivity index (χ0v) is 12.6. The van der Waals surface area contributed by atoms with Crippen LogP contribution in [-0.4, -0.2) is 27.7 Å². The number of nitrogens with zero attached hydrogens (tertiary/aromatic N) is 2. The third kappa shape index (κ3) is 2.48. The van der Waals surface area contributed by atoms with Crippen LogP contribution in [0.15, 0.2) is 42.5 Å². The SMILES string of the molecule is O=C(NN1C(=O)c2cccc([N+](=O)[O-])c2C1=O)c1ccc(Cl)cc1. The van der Waals surface area contributed by atoms with Crippen LogP contribution in [0.1, 0.15) is 31.1 Å². The molecule has 0 atom stereocenters. The highest BCUT2D eigenvalue weighted by Crippen LogP contribution is 2.29. The van der Waals surface area contributed by atoms with Crippen LogP contribution >= 0.6 is 11.6 Å². The van der Waals surface area contributed by atoms with Crippen LogP contribution in [0.2, 0.25) is 5.02 Å². The van der Waals surface area contributed by atoms with E-state index in [-0.39, 0.29) is 16.7 Å². The lowest BCUT2D eigenvalue weighted by Gasteiger charge is -2.14. The Morgan fingerprint density at radius 2 is 1.75 bits per heavy atom. The molecule has 1 aliphatic rings. The van der Waals surface area contributed by atoms with Gasteiger partial charge in [0.25, 0.3) is 23.4 Å². The van der Waals surface area contributed by atoms with Crippen molar-refractivity contribution in [2.75, 3.05) is 0 Å². The van der Waals surface area contributed by atoms with Crippen molar-refractivity contribution in [3.63, 3.8) is 0 Å². The number of hydrogen-bond donors (Lipinski definition) is 1. The van der Waals surface area contributed by atoms with Crippen molar-refractivity contribution in [1.29, 1.82) is 0 Å². The van der Waals surface area contributed by atoms with E-state index in [4.69, 9.17) is 11.6 Å². The van der Waals surface area contributed by atoms with Gasteiger partial charge in [0.05, 0.1) is 10.5 Å². The average Bonchev–Trinajstić information content (AvgIpc) is 2.80. The van der Waals surface area contributed by atoms with E-state index in [1.54, 1.807) is 0 Å². The van der Waals surface area contributed by atoms with Gasteiger partial charge in [-0.3, -0.25) is 29.9 Å². The van der Waals surface area contributed by atoms with Crippen LogP contribution in [0.5, 0.6) is 0 Å². The molecule has 2 aromatic carbocycles. The number of carbonyl (C=O) groups is 3. The van der Waals surface area contributed by atoms with Gasteiger partial charge in [-0.1, -0.05) is 17.7 Å². The summed E-state index contributed by atoms with van der Waals surface area (Å²) in [6.07, 6.45) is 0. The van der Waals surface area contributed by atoms with E-state index >= 15 is 0 Å². The summed E-state index contributed by atoms with van der Waals surface area (Å²) in [5, 5.41) is 11.9. The molecule has 0 aliphatic carbocycles. The van der Waals surface area contributed by atoms with Crippen molar-refractivity contribution in [3.8, 4) is 0 Å². The summed E-state index contributed by atoms with van der Waals surface area (Å²) in [5.74, 6) is -2.51. The third-order valence-corrected chi connectivity index (χ3v) is 3.66. The van der Waals surface area contributed by atoms with Gasteiger partial charge in [-0.25, -0.2) is 0 Å². The summed E-state index contributed by atoms with van der Waals surface area (Å²) in [5.41, 5.74) is 1.36. The first kappa shape index (κ1) is 15.6. The molecule has 24 heavy (non-hydrogen) atoms. The first-order chi connectivity index (χ1) is 11.4. The quantitative estimate of drug-likeness (QED) is 0.521. The highest BCUT2D eigenvalue weighted by molar-refractivity contribution is 6.30. The number of imide groups is 1. The van der Waals surface area contributed by atoms with Crippen LogP contribution in [0.4, 0.5) is 5.69 Å². The third-order valence-electron chi connectivity index (χ3n) is 3.41. The Balaban J connectivity index is 1.91. The lowest BCUT2D eigenvalue weighted by molar-refractivity contribution is -0.385. The molecule has 0 radical (unpaired) electrons. The molecule has 8 nitrogen and oxygen atoms in total. The summed E-state index contributed by atoms with van der Waals surface area (Å²) in [7, 11) is 0. The number of hydrazine groups is 1. The summed E-state index contributed by atoms with van der Waals surface area (Å²) in [4.78, 5) is 47.0. The Labute approximate surface area is 139 Å². The molecule has 0 fully saturated rings. The molecule has 3 rings (SSSR count). The fraction of sp³-hybridized carbons (Fsp3) is 0. The van der Waals surface area contributed by atoms with Crippen molar-refractivity contribution in [2.45, 2.75) is 0 Å². The summed E-state index contributed by atoms with van der Waals surface area (Å²) >= 11 is 5.73. The summed E-state index contributed by atoms with van der Waals surface area (Å²) in [6, 6.07) is 9.49. The molecule has 9 heteroatoms. The van der Waals surface area contributed by atoms with Gasteiger partial charge in [0.2, 0.25) is 0 Å². The van der Waals surface area contributed by atoms with Gasteiger partial charge < -0.3 is 0 Å². The Kier molecular flexibility index (Phi) is 3.74. The van der Waals surface area contributed by atoms with E-state index in [1.807, 2.05) is 0 Å². The Bertz CT molecular complexity index is 894. The molecule has 0 saturated carbocycles. The predicted octanol–water partition coefficient (Wildman–Crippen LogP) is 2.19. The maximum atomic E-state index is 12.3. The van der Waals surface area contributed by atoms with E-state index < -0.39 is 28.3 Å². The molecule has 1 heterocycles. The van der Waals surface area contributed by atoms with E-state index in [0.717, 1.165) is 6.07 Å². The number of rotatable bonds is 3. The number of amides is 3. The van der Waals surface area contributed by atoms with Gasteiger partial charge in [0.1, 0.15) is 5.56 Å². The lowest BCUT2D eigenvalue weighted by Crippen LogP contribution is -2.45. The summed E-state index contributed by atoms with van der Waals surface area (Å²) in [6.45, 7) is 0. The minimum atomic E-state index is -0.954. The second-order valence-corrected chi connectivity index (χ2v) is 5.29. The minimum absolute atomic E-state index is 0.134. The van der Waals surface area contributed by atoms with Crippen LogP contribution in [-0.2, 0) is 0 Å². The molecule has 120 valence electrons. The van der Waals surface area contributed by atoms with Crippen molar-refractivity contribution in [2.24, 2.45) is 0 Å². The standard InChI is InChI=1S/C15H8ClN3O5/c16-9-6-4-8(5-7-9)13(20)17-18-14(21)10-2-1-3-11(19(23)24)12(10)15(18)22/h1-7H,(H,17,20). The monoisotopic (exact) mass is 345 g/mol. The lowest BCUT2D eigenvalue weighted by atomic mass is 10.1. The highest BCUT2D eigenvalue weighted by atomic mass is 35.5. The number of nitro benzene ring substituents is 1. The largest absolute Gasteiger partial charge is 0.287 e. The first-order valence-corrected chi connectivity index (χ1v) is 7.00. The van der Waals surface area contributed by atoms with Crippen molar-refractivity contribution >= 4 is 35.0 Å². The van der Waals surface area contributed by atoms with Gasteiger partial charge in [0.15, 0.2) is 0 Å². The molecule has 2 aromatic rings. The fourth-order valence-electron chi connectivity index (χ4n) is 2.29. The molecule has 3 amide bonds. The minimum Gasteiger partial charge on any atom is -0.267 e. The molecule has 0 aromatic heterocycles. The van der Waals surface area contributed by atoms with Crippen molar-refractivity contribution in [3.05, 3.63) is 74.3 Å². The maximum Gasteiger partial charge on any atom is 0.287 e. The van der Waals surface area contributed by atoms with Gasteiger partial charge >= 0.3 is 0 Å². The normalized spacial score (nSPS) is 13.0. The van der Waals surface area contributed by atoms with Gasteiger partial charge in [-0.05, 0) is 30.3 Å². The molecule has 1 N–H and O–H groups in total. The average molecular weight is 346 g/mol. The number of benzene rings is 2. The molecule has 0 spiro atoms. The fourth-order valence-corrected chi connectivity index (χ4v) is 2.41. The Hall–Kier alpha value is -3.26. The highest BCUT2D eigenvalue weighted by Gasteiger charge is 2.42. The zero-order valence-electron chi connectivity index (χ0n) is 11.9. The second kappa shape index (κ2) is 5.74. The smallest absolute Gasteiger partial charge is 0.267 e. The number of halogens is 1. The van der Waals surface area contributed by atoms with Crippen LogP contribution in [0.25, 0.3) is 0 Å². The van der Waals surface area contributed by atoms with Crippen LogP contribution < -0.4 is 5.43 Å². The van der Waals surface area contributed by atoms with Gasteiger partial charge in [-0.15, -0.1) is 0 Å². The topological polar surface area (TPSA) is 110 Å². The molecule has 0 unspecified atom stereocenters. The van der Waals surface area contributed by atoms with Crippen molar-refractivity contribution < 1.29 is 19.3 Å². The summed E-state index contributed by atoms with van der Waals surface area (Å²) < 4.78 is 0. The second-order valence-electron chi connectivity index (χ2n) is 4.85. The van der Waals surface area contributed by atoms with Crippen LogP contribution in [0, 0.1) is 10.1 Å². The maximum absolute atomic E-state index is 12.3. The number of nitrogens with one attached hydrogen (secondary N) is 1. The van der Waals surface area contributed by atoms with E-state index in [9.17, 15) is 24.5 Å². The first-order valence-electron chi connectivity index (χ1n) is 6.63.